The van der Waals surface area contributed by atoms with Crippen LogP contribution in [-0.4, -0.2) is 37.9 Å². The molecule has 0 bridgehead atoms. The zero-order valence-electron chi connectivity index (χ0n) is 18.7. The van der Waals surface area contributed by atoms with Crippen molar-refractivity contribution < 1.29 is 4.79 Å². The summed E-state index contributed by atoms with van der Waals surface area (Å²) in [5, 5.41) is 14.8. The lowest BCUT2D eigenvalue weighted by Crippen LogP contribution is -2.14. The molecule has 7 nitrogen and oxygen atoms in total. The van der Waals surface area contributed by atoms with E-state index in [1.165, 1.54) is 0 Å². The summed E-state index contributed by atoms with van der Waals surface area (Å²) in [6.07, 6.45) is 3.46. The minimum Gasteiger partial charge on any atom is -0.367 e. The lowest BCUT2D eigenvalue weighted by atomic mass is 10.0. The van der Waals surface area contributed by atoms with E-state index in [9.17, 15) is 4.79 Å². The maximum Gasteiger partial charge on any atom is 0.255 e. The fourth-order valence-electron chi connectivity index (χ4n) is 3.96. The van der Waals surface area contributed by atoms with Crippen LogP contribution in [-0.2, 0) is 0 Å². The van der Waals surface area contributed by atoms with Gasteiger partial charge in [-0.1, -0.05) is 30.7 Å². The molecule has 2 unspecified atom stereocenters. The molecule has 0 saturated heterocycles. The third-order valence-corrected chi connectivity index (χ3v) is 7.43. The molecular weight excluding hydrogens is 468 g/mol. The molecule has 1 aliphatic rings. The van der Waals surface area contributed by atoms with E-state index < -0.39 is 0 Å². The molecule has 2 atom stereocenters. The standard InChI is InChI=1S/C25H23ClN6OS/c1-14-13-29-24-21(22(31-32-24)20-6-3-4-10-28-20)23(34-14)17-9-8-16(12-18(17)26)25(33)30-19-7-5-11-27-15(19)2/h3-12,14,23H,13H2,1-2H3,(H,30,33)(H2,29,31,32). The number of halogens is 1. The molecule has 0 fully saturated rings. The van der Waals surface area contributed by atoms with Gasteiger partial charge in [0.25, 0.3) is 5.91 Å². The van der Waals surface area contributed by atoms with Gasteiger partial charge in [-0.05, 0) is 48.9 Å². The molecule has 0 aliphatic carbocycles. The number of fused-ring (bicyclic) bond motifs is 1. The molecule has 9 heteroatoms. The molecule has 0 radical (unpaired) electrons. The SMILES string of the molecule is Cc1ncccc1NC(=O)c1ccc(C2SC(C)CNc3n[nH]c(-c4ccccn4)c32)c(Cl)c1. The quantitative estimate of drug-likeness (QED) is 0.338. The number of nitrogens with one attached hydrogen (secondary N) is 3. The van der Waals surface area contributed by atoms with E-state index in [0.717, 1.165) is 40.6 Å². The van der Waals surface area contributed by atoms with Crippen LogP contribution in [0, 0.1) is 6.92 Å². The predicted octanol–water partition coefficient (Wildman–Crippen LogP) is 5.72. The summed E-state index contributed by atoms with van der Waals surface area (Å²) in [7, 11) is 0. The van der Waals surface area contributed by atoms with Crippen LogP contribution in [0.25, 0.3) is 11.4 Å². The second-order valence-corrected chi connectivity index (χ2v) is 10.1. The first-order valence-corrected chi connectivity index (χ1v) is 12.2. The normalized spacial score (nSPS) is 17.4. The lowest BCUT2D eigenvalue weighted by Gasteiger charge is -2.20. The molecule has 5 rings (SSSR count). The summed E-state index contributed by atoms with van der Waals surface area (Å²) < 4.78 is 0. The Morgan fingerprint density at radius 2 is 2.00 bits per heavy atom. The van der Waals surface area contributed by atoms with Crippen molar-refractivity contribution in [3.8, 4) is 11.4 Å². The third-order valence-electron chi connectivity index (χ3n) is 5.71. The van der Waals surface area contributed by atoms with E-state index in [-0.39, 0.29) is 11.2 Å². The number of hydrogen-bond acceptors (Lipinski definition) is 6. The molecule has 0 saturated carbocycles. The number of amides is 1. The number of aromatic nitrogens is 4. The highest BCUT2D eigenvalue weighted by molar-refractivity contribution is 8.00. The van der Waals surface area contributed by atoms with Crippen molar-refractivity contribution in [2.45, 2.75) is 24.3 Å². The van der Waals surface area contributed by atoms with Crippen molar-refractivity contribution >= 4 is 40.8 Å². The number of carbonyl (C=O) groups is 1. The van der Waals surface area contributed by atoms with E-state index in [0.29, 0.717) is 21.5 Å². The van der Waals surface area contributed by atoms with Crippen molar-refractivity contribution in [1.29, 1.82) is 0 Å². The zero-order valence-corrected chi connectivity index (χ0v) is 20.2. The molecule has 4 aromatic rings. The molecule has 34 heavy (non-hydrogen) atoms. The minimum absolute atomic E-state index is 0.0825. The van der Waals surface area contributed by atoms with Crippen molar-refractivity contribution in [2.24, 2.45) is 0 Å². The van der Waals surface area contributed by atoms with E-state index >= 15 is 0 Å². The number of rotatable bonds is 4. The first-order chi connectivity index (χ1) is 16.5. The monoisotopic (exact) mass is 490 g/mol. The summed E-state index contributed by atoms with van der Waals surface area (Å²) in [6, 6.07) is 14.9. The van der Waals surface area contributed by atoms with Gasteiger partial charge in [0, 0.05) is 40.3 Å². The highest BCUT2D eigenvalue weighted by Gasteiger charge is 2.31. The van der Waals surface area contributed by atoms with Crippen LogP contribution in [0.1, 0.15) is 39.4 Å². The number of thioether (sulfide) groups is 1. The van der Waals surface area contributed by atoms with E-state index in [4.69, 9.17) is 11.6 Å². The molecule has 1 amide bonds. The van der Waals surface area contributed by atoms with Crippen LogP contribution >= 0.6 is 23.4 Å². The number of aromatic amines is 1. The van der Waals surface area contributed by atoms with Gasteiger partial charge >= 0.3 is 0 Å². The van der Waals surface area contributed by atoms with Crippen LogP contribution < -0.4 is 10.6 Å². The molecule has 4 heterocycles. The molecule has 172 valence electrons. The summed E-state index contributed by atoms with van der Waals surface area (Å²) >= 11 is 8.61. The van der Waals surface area contributed by atoms with Crippen molar-refractivity contribution in [3.05, 3.63) is 88.3 Å². The van der Waals surface area contributed by atoms with Crippen LogP contribution in [0.3, 0.4) is 0 Å². The smallest absolute Gasteiger partial charge is 0.255 e. The molecule has 3 N–H and O–H groups in total. The largest absolute Gasteiger partial charge is 0.367 e. The average molecular weight is 491 g/mol. The second kappa shape index (κ2) is 9.48. The lowest BCUT2D eigenvalue weighted by molar-refractivity contribution is 0.102. The molecule has 1 aromatic carbocycles. The number of benzene rings is 1. The Bertz CT molecular complexity index is 1340. The van der Waals surface area contributed by atoms with Gasteiger partial charge in [0.2, 0.25) is 0 Å². The number of nitrogens with zero attached hydrogens (tertiary/aromatic N) is 3. The van der Waals surface area contributed by atoms with Gasteiger partial charge in [0.05, 0.1) is 28.0 Å². The first-order valence-electron chi connectivity index (χ1n) is 10.9. The van der Waals surface area contributed by atoms with Crippen LogP contribution in [0.4, 0.5) is 11.5 Å². The summed E-state index contributed by atoms with van der Waals surface area (Å²) in [5.41, 5.74) is 5.53. The van der Waals surface area contributed by atoms with E-state index in [1.54, 1.807) is 36.3 Å². The number of pyridine rings is 2. The number of hydrogen-bond donors (Lipinski definition) is 3. The summed E-state index contributed by atoms with van der Waals surface area (Å²) in [4.78, 5) is 21.6. The Morgan fingerprint density at radius 3 is 2.76 bits per heavy atom. The minimum atomic E-state index is -0.230. The Labute approximate surface area is 206 Å². The zero-order chi connectivity index (χ0) is 23.7. The number of H-pyrrole nitrogens is 1. The molecular formula is C25H23ClN6OS. The Kier molecular flexibility index (Phi) is 6.26. The first kappa shape index (κ1) is 22.4. The highest BCUT2D eigenvalue weighted by Crippen LogP contribution is 2.48. The van der Waals surface area contributed by atoms with Gasteiger partial charge in [0.15, 0.2) is 5.82 Å². The fraction of sp³-hybridized carbons (Fsp3) is 0.200. The van der Waals surface area contributed by atoms with Crippen LogP contribution in [0.2, 0.25) is 5.02 Å². The van der Waals surface area contributed by atoms with Crippen molar-refractivity contribution in [3.63, 3.8) is 0 Å². The van der Waals surface area contributed by atoms with Gasteiger partial charge in [-0.3, -0.25) is 19.9 Å². The predicted molar refractivity (Wildman–Crippen MR) is 138 cm³/mol. The fourth-order valence-corrected chi connectivity index (χ4v) is 5.67. The number of carbonyl (C=O) groups excluding carboxylic acids is 1. The van der Waals surface area contributed by atoms with Gasteiger partial charge < -0.3 is 10.6 Å². The van der Waals surface area contributed by atoms with Crippen molar-refractivity contribution in [2.75, 3.05) is 17.2 Å². The Morgan fingerprint density at radius 1 is 1.15 bits per heavy atom. The van der Waals surface area contributed by atoms with E-state index in [1.807, 2.05) is 43.3 Å². The molecule has 3 aromatic heterocycles. The maximum absolute atomic E-state index is 12.9. The second-order valence-electron chi connectivity index (χ2n) is 8.11. The summed E-state index contributed by atoms with van der Waals surface area (Å²) in [6.45, 7) is 4.81. The van der Waals surface area contributed by atoms with Crippen molar-refractivity contribution in [1.82, 2.24) is 20.2 Å². The highest BCUT2D eigenvalue weighted by atomic mass is 35.5. The van der Waals surface area contributed by atoms with Gasteiger partial charge in [0.1, 0.15) is 0 Å². The van der Waals surface area contributed by atoms with Gasteiger partial charge in [-0.2, -0.15) is 5.10 Å². The third kappa shape index (κ3) is 4.38. The van der Waals surface area contributed by atoms with Crippen LogP contribution in [0.15, 0.2) is 60.9 Å². The van der Waals surface area contributed by atoms with E-state index in [2.05, 4.69) is 37.7 Å². The van der Waals surface area contributed by atoms with Gasteiger partial charge in [-0.25, -0.2) is 0 Å². The molecule has 0 spiro atoms. The number of aryl methyl sites for hydroxylation is 1. The topological polar surface area (TPSA) is 95.6 Å². The summed E-state index contributed by atoms with van der Waals surface area (Å²) in [5.74, 6) is 0.568. The Hall–Kier alpha value is -3.36. The maximum atomic E-state index is 12.9. The van der Waals surface area contributed by atoms with Crippen LogP contribution in [0.5, 0.6) is 0 Å². The Balaban J connectivity index is 1.51. The van der Waals surface area contributed by atoms with Gasteiger partial charge in [-0.15, -0.1) is 11.8 Å². The number of anilines is 2. The molecule has 1 aliphatic heterocycles. The average Bonchev–Trinajstić information content (AvgIpc) is 3.20.